The second-order valence-corrected chi connectivity index (χ2v) is 4.90. The van der Waals surface area contributed by atoms with Gasteiger partial charge in [-0.1, -0.05) is 41.9 Å². The first-order chi connectivity index (χ1) is 8.74. The Balaban J connectivity index is 1.92. The summed E-state index contributed by atoms with van der Waals surface area (Å²) in [6, 6.07) is 14.1. The number of anilines is 1. The van der Waals surface area contributed by atoms with Gasteiger partial charge in [-0.05, 0) is 24.1 Å². The van der Waals surface area contributed by atoms with Gasteiger partial charge in [0.25, 0.3) is 0 Å². The van der Waals surface area contributed by atoms with E-state index in [1.54, 1.807) is 0 Å². The second-order valence-electron chi connectivity index (χ2n) is 4.50. The van der Waals surface area contributed by atoms with Crippen LogP contribution in [0.4, 0.5) is 5.69 Å². The van der Waals surface area contributed by atoms with Gasteiger partial charge in [0, 0.05) is 11.1 Å². The zero-order chi connectivity index (χ0) is 12.5. The molecule has 0 saturated carbocycles. The molecular formula is C15H14ClNO. The molecule has 1 heterocycles. The lowest BCUT2D eigenvalue weighted by Crippen LogP contribution is -2.23. The Labute approximate surface area is 112 Å². The normalized spacial score (nSPS) is 17.6. The molecule has 1 N–H and O–H groups in total. The molecule has 0 spiro atoms. The molecule has 2 nitrogen and oxygen atoms in total. The molecule has 0 aliphatic carbocycles. The van der Waals surface area contributed by atoms with Gasteiger partial charge in [0.2, 0.25) is 0 Å². The van der Waals surface area contributed by atoms with Crippen molar-refractivity contribution in [3.05, 3.63) is 58.6 Å². The van der Waals surface area contributed by atoms with E-state index in [9.17, 15) is 0 Å². The van der Waals surface area contributed by atoms with E-state index >= 15 is 0 Å². The molecule has 2 aromatic rings. The zero-order valence-electron chi connectivity index (χ0n) is 10.1. The Morgan fingerprint density at radius 2 is 2.00 bits per heavy atom. The molecule has 1 atom stereocenters. The number of nitrogens with one attached hydrogen (secondary N) is 1. The van der Waals surface area contributed by atoms with Crippen molar-refractivity contribution < 1.29 is 4.74 Å². The van der Waals surface area contributed by atoms with Crippen molar-refractivity contribution >= 4 is 17.3 Å². The van der Waals surface area contributed by atoms with Crippen LogP contribution in [0.2, 0.25) is 5.02 Å². The standard InChI is InChI=1S/C15H14ClNO/c1-10-7-13-14(8-12(10)16)18-15(9-17-13)11-5-3-2-4-6-11/h2-8,15,17H,9H2,1H3. The minimum absolute atomic E-state index is 0.0393. The van der Waals surface area contributed by atoms with Crippen LogP contribution in [0.15, 0.2) is 42.5 Å². The average molecular weight is 260 g/mol. The molecule has 0 radical (unpaired) electrons. The average Bonchev–Trinajstić information content (AvgIpc) is 2.41. The maximum Gasteiger partial charge on any atom is 0.144 e. The second kappa shape index (κ2) is 4.54. The predicted molar refractivity (Wildman–Crippen MR) is 74.5 cm³/mol. The zero-order valence-corrected chi connectivity index (χ0v) is 10.9. The van der Waals surface area contributed by atoms with E-state index in [1.165, 1.54) is 5.56 Å². The molecule has 0 amide bonds. The van der Waals surface area contributed by atoms with E-state index in [0.717, 1.165) is 28.6 Å². The number of hydrogen-bond donors (Lipinski definition) is 1. The van der Waals surface area contributed by atoms with Crippen molar-refractivity contribution in [1.29, 1.82) is 0 Å². The van der Waals surface area contributed by atoms with Crippen LogP contribution < -0.4 is 10.1 Å². The van der Waals surface area contributed by atoms with Crippen molar-refractivity contribution in [3.8, 4) is 5.75 Å². The molecule has 0 bridgehead atoms. The van der Waals surface area contributed by atoms with Crippen molar-refractivity contribution in [2.45, 2.75) is 13.0 Å². The summed E-state index contributed by atoms with van der Waals surface area (Å²) in [5.74, 6) is 0.825. The molecule has 2 aromatic carbocycles. The lowest BCUT2D eigenvalue weighted by Gasteiger charge is -2.28. The summed E-state index contributed by atoms with van der Waals surface area (Å²) in [6.45, 7) is 2.77. The summed E-state index contributed by atoms with van der Waals surface area (Å²) < 4.78 is 6.01. The van der Waals surface area contributed by atoms with Crippen LogP contribution in [0.25, 0.3) is 0 Å². The quantitative estimate of drug-likeness (QED) is 0.829. The van der Waals surface area contributed by atoms with Gasteiger partial charge in [0.1, 0.15) is 11.9 Å². The number of aryl methyl sites for hydroxylation is 1. The summed E-state index contributed by atoms with van der Waals surface area (Å²) in [5.41, 5.74) is 3.25. The molecule has 1 unspecified atom stereocenters. The Hall–Kier alpha value is -1.67. The SMILES string of the molecule is Cc1cc2c(cc1Cl)OC(c1ccccc1)CN2. The molecule has 18 heavy (non-hydrogen) atoms. The smallest absolute Gasteiger partial charge is 0.144 e. The van der Waals surface area contributed by atoms with E-state index in [4.69, 9.17) is 16.3 Å². The third kappa shape index (κ3) is 2.04. The van der Waals surface area contributed by atoms with Crippen molar-refractivity contribution in [2.75, 3.05) is 11.9 Å². The van der Waals surface area contributed by atoms with Gasteiger partial charge in [0.05, 0.1) is 12.2 Å². The minimum atomic E-state index is 0.0393. The van der Waals surface area contributed by atoms with Gasteiger partial charge < -0.3 is 10.1 Å². The van der Waals surface area contributed by atoms with Gasteiger partial charge in [-0.15, -0.1) is 0 Å². The third-order valence-electron chi connectivity index (χ3n) is 3.18. The van der Waals surface area contributed by atoms with E-state index in [2.05, 4.69) is 17.4 Å². The molecule has 1 aliphatic rings. The highest BCUT2D eigenvalue weighted by Crippen LogP contribution is 2.37. The lowest BCUT2D eigenvalue weighted by molar-refractivity contribution is 0.210. The fourth-order valence-corrected chi connectivity index (χ4v) is 2.30. The molecule has 92 valence electrons. The van der Waals surface area contributed by atoms with Crippen LogP contribution in [-0.2, 0) is 0 Å². The molecule has 0 aromatic heterocycles. The predicted octanol–water partition coefficient (Wildman–Crippen LogP) is 4.19. The van der Waals surface area contributed by atoms with Crippen LogP contribution in [0.5, 0.6) is 5.75 Å². The lowest BCUT2D eigenvalue weighted by atomic mass is 10.1. The molecule has 0 fully saturated rings. The van der Waals surface area contributed by atoms with Crippen molar-refractivity contribution in [1.82, 2.24) is 0 Å². The van der Waals surface area contributed by atoms with E-state index in [1.807, 2.05) is 37.3 Å². The van der Waals surface area contributed by atoms with Crippen LogP contribution in [0, 0.1) is 6.92 Å². The number of rotatable bonds is 1. The first kappa shape index (κ1) is 11.4. The van der Waals surface area contributed by atoms with Gasteiger partial charge in [-0.25, -0.2) is 0 Å². The Bertz CT molecular complexity index is 568. The molecule has 3 rings (SSSR count). The van der Waals surface area contributed by atoms with E-state index < -0.39 is 0 Å². The fraction of sp³-hybridized carbons (Fsp3) is 0.200. The molecule has 0 saturated heterocycles. The first-order valence-corrected chi connectivity index (χ1v) is 6.37. The molecule has 3 heteroatoms. The summed E-state index contributed by atoms with van der Waals surface area (Å²) in [5, 5.41) is 4.14. The third-order valence-corrected chi connectivity index (χ3v) is 3.59. The van der Waals surface area contributed by atoms with Gasteiger partial charge in [0.15, 0.2) is 0 Å². The van der Waals surface area contributed by atoms with Crippen LogP contribution in [-0.4, -0.2) is 6.54 Å². The first-order valence-electron chi connectivity index (χ1n) is 5.99. The summed E-state index contributed by atoms with van der Waals surface area (Å²) in [7, 11) is 0. The van der Waals surface area contributed by atoms with E-state index in [-0.39, 0.29) is 6.10 Å². The highest BCUT2D eigenvalue weighted by molar-refractivity contribution is 6.31. The van der Waals surface area contributed by atoms with Gasteiger partial charge in [-0.3, -0.25) is 0 Å². The molecule has 1 aliphatic heterocycles. The minimum Gasteiger partial charge on any atom is -0.482 e. The van der Waals surface area contributed by atoms with Gasteiger partial charge >= 0.3 is 0 Å². The van der Waals surface area contributed by atoms with Crippen molar-refractivity contribution in [3.63, 3.8) is 0 Å². The number of fused-ring (bicyclic) bond motifs is 1. The van der Waals surface area contributed by atoms with Crippen LogP contribution >= 0.6 is 11.6 Å². The highest BCUT2D eigenvalue weighted by atomic mass is 35.5. The summed E-state index contributed by atoms with van der Waals surface area (Å²) in [6.07, 6.45) is 0.0393. The van der Waals surface area contributed by atoms with Crippen LogP contribution in [0.3, 0.4) is 0 Å². The fourth-order valence-electron chi connectivity index (χ4n) is 2.15. The Kier molecular flexibility index (Phi) is 2.88. The summed E-state index contributed by atoms with van der Waals surface area (Å²) in [4.78, 5) is 0. The highest BCUT2D eigenvalue weighted by Gasteiger charge is 2.21. The number of ether oxygens (including phenoxy) is 1. The van der Waals surface area contributed by atoms with Gasteiger partial charge in [-0.2, -0.15) is 0 Å². The molecular weight excluding hydrogens is 246 g/mol. The monoisotopic (exact) mass is 259 g/mol. The largest absolute Gasteiger partial charge is 0.482 e. The number of benzene rings is 2. The van der Waals surface area contributed by atoms with E-state index in [0.29, 0.717) is 0 Å². The summed E-state index contributed by atoms with van der Waals surface area (Å²) >= 11 is 6.13. The topological polar surface area (TPSA) is 21.3 Å². The number of hydrogen-bond acceptors (Lipinski definition) is 2. The maximum atomic E-state index is 6.13. The van der Waals surface area contributed by atoms with Crippen LogP contribution in [0.1, 0.15) is 17.2 Å². The number of halogens is 1. The Morgan fingerprint density at radius 3 is 2.78 bits per heavy atom. The van der Waals surface area contributed by atoms with Crippen molar-refractivity contribution in [2.24, 2.45) is 0 Å². The Morgan fingerprint density at radius 1 is 1.22 bits per heavy atom. The maximum absolute atomic E-state index is 6.13.